The summed E-state index contributed by atoms with van der Waals surface area (Å²) in [7, 11) is -3.88. The number of sulfonamides is 1. The summed E-state index contributed by atoms with van der Waals surface area (Å²) >= 11 is 11.5. The number of amides is 1. The number of ether oxygens (including phenoxy) is 1. The Bertz CT molecular complexity index is 750. The number of primary sulfonamides is 1. The van der Waals surface area contributed by atoms with Gasteiger partial charge >= 0.3 is 5.97 Å². The van der Waals surface area contributed by atoms with Crippen molar-refractivity contribution in [2.24, 2.45) is 11.1 Å². The first-order valence-electron chi connectivity index (χ1n) is 6.53. The van der Waals surface area contributed by atoms with Crippen LogP contribution >= 0.6 is 23.2 Å². The van der Waals surface area contributed by atoms with Gasteiger partial charge in [0, 0.05) is 5.69 Å². The fraction of sp³-hybridized carbons (Fsp3) is 0.385. The van der Waals surface area contributed by atoms with Gasteiger partial charge in [-0.05, 0) is 31.5 Å². The highest BCUT2D eigenvalue weighted by Gasteiger charge is 2.57. The topological polar surface area (TPSA) is 116 Å². The lowest BCUT2D eigenvalue weighted by molar-refractivity contribution is -0.154. The van der Waals surface area contributed by atoms with Crippen molar-refractivity contribution >= 4 is 50.8 Å². The van der Waals surface area contributed by atoms with Gasteiger partial charge in [0.1, 0.15) is 4.33 Å². The molecule has 0 unspecified atom stereocenters. The molecule has 0 spiro atoms. The van der Waals surface area contributed by atoms with Crippen LogP contribution in [-0.2, 0) is 24.3 Å². The summed E-state index contributed by atoms with van der Waals surface area (Å²) in [5.74, 6) is -1.93. The molecule has 2 rings (SSSR count). The number of nitrogens with one attached hydrogen (secondary N) is 1. The molecule has 2 atom stereocenters. The van der Waals surface area contributed by atoms with E-state index in [9.17, 15) is 18.0 Å². The molecule has 1 aromatic rings. The lowest BCUT2D eigenvalue weighted by Crippen LogP contribution is -2.31. The Hall–Kier alpha value is -1.35. The number of rotatable bonds is 5. The van der Waals surface area contributed by atoms with E-state index in [0.29, 0.717) is 0 Å². The standard InChI is InChI=1S/C13H14Cl2N2O5S/c1-7(22-12(19)10-6-13(10,14)15)11(18)17-8-3-2-4-9(5-8)23(16,20)21/h2-5,7,10H,6H2,1H3,(H,17,18)(H2,16,20,21)/t7-,10+/m0/s1. The predicted molar refractivity (Wildman–Crippen MR) is 84.5 cm³/mol. The van der Waals surface area contributed by atoms with Crippen LogP contribution in [0.5, 0.6) is 0 Å². The minimum Gasteiger partial charge on any atom is -0.452 e. The smallest absolute Gasteiger partial charge is 0.312 e. The van der Waals surface area contributed by atoms with E-state index in [0.717, 1.165) is 0 Å². The van der Waals surface area contributed by atoms with Gasteiger partial charge in [-0.3, -0.25) is 9.59 Å². The van der Waals surface area contributed by atoms with Gasteiger partial charge in [0.05, 0.1) is 10.8 Å². The van der Waals surface area contributed by atoms with E-state index in [1.54, 1.807) is 0 Å². The number of carbonyl (C=O) groups is 2. The van der Waals surface area contributed by atoms with E-state index in [4.69, 9.17) is 33.1 Å². The molecule has 0 radical (unpaired) electrons. The van der Waals surface area contributed by atoms with Crippen molar-refractivity contribution in [3.63, 3.8) is 0 Å². The number of hydrogen-bond acceptors (Lipinski definition) is 5. The van der Waals surface area contributed by atoms with E-state index in [2.05, 4.69) is 5.32 Å². The Balaban J connectivity index is 1.98. The van der Waals surface area contributed by atoms with Crippen LogP contribution in [0.2, 0.25) is 0 Å². The van der Waals surface area contributed by atoms with Gasteiger partial charge in [-0.15, -0.1) is 23.2 Å². The highest BCUT2D eigenvalue weighted by molar-refractivity contribution is 7.89. The van der Waals surface area contributed by atoms with Gasteiger partial charge < -0.3 is 10.1 Å². The maximum atomic E-state index is 12.0. The third-order valence-corrected chi connectivity index (χ3v) is 4.95. The van der Waals surface area contributed by atoms with Gasteiger partial charge in [-0.25, -0.2) is 13.6 Å². The molecule has 3 N–H and O–H groups in total. The molecule has 1 aliphatic rings. The summed E-state index contributed by atoms with van der Waals surface area (Å²) in [6, 6.07) is 5.39. The molecule has 1 aliphatic carbocycles. The minimum atomic E-state index is -3.88. The average molecular weight is 381 g/mol. The van der Waals surface area contributed by atoms with Gasteiger partial charge in [-0.2, -0.15) is 0 Å². The quantitative estimate of drug-likeness (QED) is 0.591. The average Bonchev–Trinajstić information content (AvgIpc) is 3.07. The van der Waals surface area contributed by atoms with Crippen molar-refractivity contribution in [3.8, 4) is 0 Å². The molecule has 1 saturated carbocycles. The summed E-state index contributed by atoms with van der Waals surface area (Å²) in [4.78, 5) is 23.5. The molecule has 0 bridgehead atoms. The third-order valence-electron chi connectivity index (χ3n) is 3.20. The van der Waals surface area contributed by atoms with Crippen LogP contribution in [0.25, 0.3) is 0 Å². The molecule has 126 valence electrons. The van der Waals surface area contributed by atoms with Crippen LogP contribution in [0.15, 0.2) is 29.2 Å². The van der Waals surface area contributed by atoms with Crippen LogP contribution < -0.4 is 10.5 Å². The molecule has 10 heteroatoms. The summed E-state index contributed by atoms with van der Waals surface area (Å²) in [5.41, 5.74) is 0.208. The number of anilines is 1. The van der Waals surface area contributed by atoms with Crippen molar-refractivity contribution in [3.05, 3.63) is 24.3 Å². The van der Waals surface area contributed by atoms with E-state index >= 15 is 0 Å². The van der Waals surface area contributed by atoms with Gasteiger partial charge in [-0.1, -0.05) is 6.07 Å². The number of hydrogen-bond donors (Lipinski definition) is 2. The molecule has 23 heavy (non-hydrogen) atoms. The molecule has 7 nitrogen and oxygen atoms in total. The summed E-state index contributed by atoms with van der Waals surface area (Å²) < 4.78 is 26.4. The zero-order valence-electron chi connectivity index (χ0n) is 12.0. The van der Waals surface area contributed by atoms with Crippen LogP contribution in [-0.4, -0.2) is 30.7 Å². The lowest BCUT2D eigenvalue weighted by atomic mass is 10.3. The highest BCUT2D eigenvalue weighted by atomic mass is 35.5. The van der Waals surface area contributed by atoms with E-state index in [1.165, 1.54) is 31.2 Å². The number of nitrogens with two attached hydrogens (primary N) is 1. The highest BCUT2D eigenvalue weighted by Crippen LogP contribution is 2.53. The van der Waals surface area contributed by atoms with Crippen molar-refractivity contribution < 1.29 is 22.7 Å². The molecule has 0 aliphatic heterocycles. The van der Waals surface area contributed by atoms with Gasteiger partial charge in [0.15, 0.2) is 6.10 Å². The Morgan fingerprint density at radius 2 is 2.04 bits per heavy atom. The molecule has 0 aromatic heterocycles. The number of esters is 1. The van der Waals surface area contributed by atoms with Crippen LogP contribution in [0.4, 0.5) is 5.69 Å². The lowest BCUT2D eigenvalue weighted by Gasteiger charge is -2.14. The van der Waals surface area contributed by atoms with Crippen LogP contribution in [0, 0.1) is 5.92 Å². The number of alkyl halides is 2. The fourth-order valence-corrected chi connectivity index (χ4v) is 2.82. The summed E-state index contributed by atoms with van der Waals surface area (Å²) in [5, 5.41) is 7.45. The van der Waals surface area contributed by atoms with Crippen molar-refractivity contribution in [2.45, 2.75) is 28.7 Å². The van der Waals surface area contributed by atoms with Crippen LogP contribution in [0.3, 0.4) is 0 Å². The molecular weight excluding hydrogens is 367 g/mol. The Kier molecular flexibility index (Phi) is 4.91. The molecule has 1 amide bonds. The largest absolute Gasteiger partial charge is 0.452 e. The number of carbonyl (C=O) groups excluding carboxylic acids is 2. The molecular formula is C13H14Cl2N2O5S. The van der Waals surface area contributed by atoms with Gasteiger partial charge in [0.2, 0.25) is 10.0 Å². The maximum Gasteiger partial charge on any atom is 0.312 e. The second-order valence-electron chi connectivity index (χ2n) is 5.16. The minimum absolute atomic E-state index is 0.146. The normalized spacial score (nSPS) is 20.4. The Labute approximate surface area is 143 Å². The number of halogens is 2. The Morgan fingerprint density at radius 1 is 1.43 bits per heavy atom. The zero-order chi connectivity index (χ0) is 17.4. The predicted octanol–water partition coefficient (Wildman–Crippen LogP) is 1.40. The first kappa shape index (κ1) is 18.0. The maximum absolute atomic E-state index is 12.0. The van der Waals surface area contributed by atoms with Crippen molar-refractivity contribution in [2.75, 3.05) is 5.32 Å². The number of benzene rings is 1. The molecule has 0 saturated heterocycles. The molecule has 1 aromatic carbocycles. The first-order valence-corrected chi connectivity index (χ1v) is 8.83. The van der Waals surface area contributed by atoms with E-state index in [-0.39, 0.29) is 17.0 Å². The SMILES string of the molecule is C[C@H](OC(=O)[C@H]1CC1(Cl)Cl)C(=O)Nc1cccc(S(N)(=O)=O)c1. The van der Waals surface area contributed by atoms with Crippen LogP contribution in [0.1, 0.15) is 13.3 Å². The monoisotopic (exact) mass is 380 g/mol. The Morgan fingerprint density at radius 3 is 2.57 bits per heavy atom. The first-order chi connectivity index (χ1) is 10.5. The van der Waals surface area contributed by atoms with E-state index in [1.807, 2.05) is 0 Å². The summed E-state index contributed by atoms with van der Waals surface area (Å²) in [6.07, 6.45) is -0.815. The third kappa shape index (κ3) is 4.57. The molecule has 0 heterocycles. The molecule has 1 fully saturated rings. The zero-order valence-corrected chi connectivity index (χ0v) is 14.3. The summed E-state index contributed by atoms with van der Waals surface area (Å²) in [6.45, 7) is 1.38. The fourth-order valence-electron chi connectivity index (χ4n) is 1.77. The second kappa shape index (κ2) is 6.27. The van der Waals surface area contributed by atoms with E-state index < -0.39 is 38.3 Å². The van der Waals surface area contributed by atoms with Crippen molar-refractivity contribution in [1.82, 2.24) is 0 Å². The van der Waals surface area contributed by atoms with Crippen molar-refractivity contribution in [1.29, 1.82) is 0 Å². The second-order valence-corrected chi connectivity index (χ2v) is 8.26. The van der Waals surface area contributed by atoms with Gasteiger partial charge in [0.25, 0.3) is 5.91 Å².